The van der Waals surface area contributed by atoms with Crippen molar-refractivity contribution in [1.82, 2.24) is 9.88 Å². The second-order valence-corrected chi connectivity index (χ2v) is 6.02. The molecule has 0 saturated heterocycles. The number of amides is 1. The van der Waals surface area contributed by atoms with Crippen molar-refractivity contribution in [3.05, 3.63) is 17.0 Å². The van der Waals surface area contributed by atoms with E-state index in [1.165, 1.54) is 11.3 Å². The highest BCUT2D eigenvalue weighted by Gasteiger charge is 2.22. The minimum atomic E-state index is -0.0167. The number of carbonyl (C=O) groups is 1. The van der Waals surface area contributed by atoms with E-state index in [4.69, 9.17) is 5.73 Å². The van der Waals surface area contributed by atoms with Gasteiger partial charge in [0.15, 0.2) is 5.13 Å². The third-order valence-corrected chi connectivity index (χ3v) is 3.87. The molecule has 0 spiro atoms. The molecule has 0 aliphatic carbocycles. The van der Waals surface area contributed by atoms with Crippen molar-refractivity contribution >= 4 is 28.2 Å². The number of nitrogens with one attached hydrogen (secondary N) is 1. The number of hydrogen-bond acceptors (Lipinski definition) is 5. The fraction of sp³-hybridized carbons (Fsp3) is 0.538. The zero-order valence-corrected chi connectivity index (χ0v) is 12.2. The summed E-state index contributed by atoms with van der Waals surface area (Å²) in [6.07, 6.45) is 5.01. The maximum Gasteiger partial charge on any atom is 0.268 e. The Balaban J connectivity index is 2.07. The first-order valence-corrected chi connectivity index (χ1v) is 7.34. The zero-order chi connectivity index (χ0) is 13.8. The molecule has 0 radical (unpaired) electrons. The Morgan fingerprint density at radius 3 is 3.00 bits per heavy atom. The van der Waals surface area contributed by atoms with Gasteiger partial charge >= 0.3 is 0 Å². The van der Waals surface area contributed by atoms with Gasteiger partial charge in [-0.05, 0) is 12.3 Å². The number of anilines is 2. The SMILES string of the molecule is CC(C)CNc1nc(N)c(C(=O)N2CC=CCC2)s1. The standard InChI is InChI=1S/C13H20N4OS/c1-9(2)8-15-13-16-11(14)10(19-13)12(18)17-6-4-3-5-7-17/h3-4,9H,5-8,14H2,1-2H3,(H,15,16). The lowest BCUT2D eigenvalue weighted by Crippen LogP contribution is -2.33. The molecular weight excluding hydrogens is 260 g/mol. The molecule has 0 fully saturated rings. The monoisotopic (exact) mass is 280 g/mol. The minimum absolute atomic E-state index is 0.0167. The van der Waals surface area contributed by atoms with Crippen LogP contribution in [0.1, 0.15) is 29.9 Å². The predicted molar refractivity (Wildman–Crippen MR) is 79.5 cm³/mol. The van der Waals surface area contributed by atoms with Crippen LogP contribution < -0.4 is 11.1 Å². The van der Waals surface area contributed by atoms with Gasteiger partial charge < -0.3 is 16.0 Å². The van der Waals surface area contributed by atoms with Crippen molar-refractivity contribution in [3.8, 4) is 0 Å². The highest BCUT2D eigenvalue weighted by Crippen LogP contribution is 2.27. The van der Waals surface area contributed by atoms with Crippen molar-refractivity contribution in [2.24, 2.45) is 5.92 Å². The molecule has 1 aromatic heterocycles. The number of rotatable bonds is 4. The number of nitrogen functional groups attached to an aromatic ring is 1. The Hall–Kier alpha value is -1.56. The summed E-state index contributed by atoms with van der Waals surface area (Å²) in [5, 5.41) is 3.93. The molecule has 5 nitrogen and oxygen atoms in total. The lowest BCUT2D eigenvalue weighted by Gasteiger charge is -2.22. The van der Waals surface area contributed by atoms with Crippen LogP contribution in [0.15, 0.2) is 12.2 Å². The van der Waals surface area contributed by atoms with Crippen LogP contribution in [0, 0.1) is 5.92 Å². The number of hydrogen-bond donors (Lipinski definition) is 2. The molecule has 104 valence electrons. The van der Waals surface area contributed by atoms with Crippen LogP contribution in [0.25, 0.3) is 0 Å². The molecule has 0 unspecified atom stereocenters. The number of nitrogens with two attached hydrogens (primary N) is 1. The van der Waals surface area contributed by atoms with Gasteiger partial charge in [-0.25, -0.2) is 4.98 Å². The first-order valence-electron chi connectivity index (χ1n) is 6.52. The van der Waals surface area contributed by atoms with Crippen LogP contribution in [-0.4, -0.2) is 35.4 Å². The summed E-state index contributed by atoms with van der Waals surface area (Å²) in [6.45, 7) is 6.48. The molecule has 19 heavy (non-hydrogen) atoms. The van der Waals surface area contributed by atoms with E-state index in [0.29, 0.717) is 23.2 Å². The molecule has 1 aromatic rings. The fourth-order valence-electron chi connectivity index (χ4n) is 1.82. The second kappa shape index (κ2) is 6.06. The van der Waals surface area contributed by atoms with Crippen molar-refractivity contribution in [3.63, 3.8) is 0 Å². The molecule has 2 heterocycles. The lowest BCUT2D eigenvalue weighted by atomic mass is 10.2. The molecule has 0 saturated carbocycles. The van der Waals surface area contributed by atoms with E-state index in [0.717, 1.165) is 24.6 Å². The van der Waals surface area contributed by atoms with E-state index < -0.39 is 0 Å². The fourth-order valence-corrected chi connectivity index (χ4v) is 2.68. The van der Waals surface area contributed by atoms with Gasteiger partial charge in [0.05, 0.1) is 0 Å². The van der Waals surface area contributed by atoms with Crippen molar-refractivity contribution in [2.45, 2.75) is 20.3 Å². The normalized spacial score (nSPS) is 15.0. The maximum atomic E-state index is 12.3. The maximum absolute atomic E-state index is 12.3. The number of aromatic nitrogens is 1. The van der Waals surface area contributed by atoms with Gasteiger partial charge in [-0.1, -0.05) is 37.3 Å². The molecule has 0 aromatic carbocycles. The number of nitrogens with zero attached hydrogens (tertiary/aromatic N) is 2. The number of thiazole rings is 1. The smallest absolute Gasteiger partial charge is 0.268 e. The van der Waals surface area contributed by atoms with Crippen LogP contribution in [0.4, 0.5) is 10.9 Å². The molecular formula is C13H20N4OS. The molecule has 0 bridgehead atoms. The van der Waals surface area contributed by atoms with Gasteiger partial charge in [-0.3, -0.25) is 4.79 Å². The zero-order valence-electron chi connectivity index (χ0n) is 11.3. The molecule has 6 heteroatoms. The highest BCUT2D eigenvalue weighted by atomic mass is 32.1. The van der Waals surface area contributed by atoms with Crippen molar-refractivity contribution in [2.75, 3.05) is 30.7 Å². The van der Waals surface area contributed by atoms with Gasteiger partial charge in [-0.2, -0.15) is 0 Å². The van der Waals surface area contributed by atoms with Gasteiger partial charge in [0.25, 0.3) is 5.91 Å². The third-order valence-electron chi connectivity index (χ3n) is 2.85. The largest absolute Gasteiger partial charge is 0.382 e. The summed E-state index contributed by atoms with van der Waals surface area (Å²) in [6, 6.07) is 0. The topological polar surface area (TPSA) is 71.2 Å². The Labute approximate surface area is 117 Å². The molecule has 0 atom stereocenters. The van der Waals surface area contributed by atoms with Gasteiger partial charge in [-0.15, -0.1) is 0 Å². The summed E-state index contributed by atoms with van der Waals surface area (Å²) in [4.78, 5) is 18.9. The quantitative estimate of drug-likeness (QED) is 0.829. The van der Waals surface area contributed by atoms with Crippen LogP contribution >= 0.6 is 11.3 Å². The Morgan fingerprint density at radius 1 is 1.58 bits per heavy atom. The molecule has 2 rings (SSSR count). The Bertz CT molecular complexity index is 481. The summed E-state index contributed by atoms with van der Waals surface area (Å²) < 4.78 is 0. The summed E-state index contributed by atoms with van der Waals surface area (Å²) in [5.41, 5.74) is 5.85. The summed E-state index contributed by atoms with van der Waals surface area (Å²) in [7, 11) is 0. The highest BCUT2D eigenvalue weighted by molar-refractivity contribution is 7.18. The van der Waals surface area contributed by atoms with Crippen LogP contribution in [0.2, 0.25) is 0 Å². The van der Waals surface area contributed by atoms with E-state index in [1.54, 1.807) is 4.90 Å². The average Bonchev–Trinajstić information content (AvgIpc) is 2.78. The molecule has 1 aliphatic rings. The van der Waals surface area contributed by atoms with Gasteiger partial charge in [0, 0.05) is 19.6 Å². The molecule has 1 amide bonds. The summed E-state index contributed by atoms with van der Waals surface area (Å²) in [5.74, 6) is 0.837. The summed E-state index contributed by atoms with van der Waals surface area (Å²) >= 11 is 1.34. The average molecular weight is 280 g/mol. The van der Waals surface area contributed by atoms with Crippen molar-refractivity contribution in [1.29, 1.82) is 0 Å². The van der Waals surface area contributed by atoms with Gasteiger partial charge in [0.1, 0.15) is 10.7 Å². The van der Waals surface area contributed by atoms with Crippen LogP contribution in [0.5, 0.6) is 0 Å². The second-order valence-electron chi connectivity index (χ2n) is 5.02. The van der Waals surface area contributed by atoms with E-state index in [1.807, 2.05) is 6.08 Å². The van der Waals surface area contributed by atoms with E-state index in [2.05, 4.69) is 30.2 Å². The lowest BCUT2D eigenvalue weighted by molar-refractivity contribution is 0.0776. The minimum Gasteiger partial charge on any atom is -0.382 e. The van der Waals surface area contributed by atoms with Crippen LogP contribution in [-0.2, 0) is 0 Å². The first kappa shape index (κ1) is 13.9. The van der Waals surface area contributed by atoms with E-state index in [9.17, 15) is 4.79 Å². The third kappa shape index (κ3) is 3.47. The van der Waals surface area contributed by atoms with E-state index in [-0.39, 0.29) is 5.91 Å². The molecule has 3 N–H and O–H groups in total. The Morgan fingerprint density at radius 2 is 2.37 bits per heavy atom. The molecule has 1 aliphatic heterocycles. The number of carbonyl (C=O) groups excluding carboxylic acids is 1. The Kier molecular flexibility index (Phi) is 4.42. The van der Waals surface area contributed by atoms with Crippen LogP contribution in [0.3, 0.4) is 0 Å². The van der Waals surface area contributed by atoms with Crippen molar-refractivity contribution < 1.29 is 4.79 Å². The first-order chi connectivity index (χ1) is 9.08. The van der Waals surface area contributed by atoms with Gasteiger partial charge in [0.2, 0.25) is 0 Å². The predicted octanol–water partition coefficient (Wildman–Crippen LogP) is 2.20. The van der Waals surface area contributed by atoms with E-state index >= 15 is 0 Å².